The highest BCUT2D eigenvalue weighted by molar-refractivity contribution is 7.12. The van der Waals surface area contributed by atoms with Crippen molar-refractivity contribution in [1.29, 1.82) is 0 Å². The summed E-state index contributed by atoms with van der Waals surface area (Å²) in [7, 11) is 0. The Morgan fingerprint density at radius 3 is 2.33 bits per heavy atom. The smallest absolute Gasteiger partial charge is 0.147 e. The van der Waals surface area contributed by atoms with Crippen LogP contribution in [0.25, 0.3) is 5.70 Å². The molecule has 2 nitrogen and oxygen atoms in total. The summed E-state index contributed by atoms with van der Waals surface area (Å²) in [6, 6.07) is 17.9. The average molecular weight is 414 g/mol. The van der Waals surface area contributed by atoms with Crippen LogP contribution in [-0.2, 0) is 6.42 Å². The number of rotatable bonds is 4. The summed E-state index contributed by atoms with van der Waals surface area (Å²) in [5.41, 5.74) is 5.88. The standard InChI is InChI=1S/C22H18Cl2N2S/c1-14-12-20-21(27-14)11-2-15(13-25-18-7-3-16(23)4-8-18)22(20)26-19-9-5-17(24)6-10-19/h3-10,12-13,26H,2,11H2,1H3/p+1. The highest BCUT2D eigenvalue weighted by Gasteiger charge is 2.24. The molecule has 3 aromatic rings. The molecule has 0 aliphatic heterocycles. The molecule has 1 aliphatic rings. The molecule has 136 valence electrons. The van der Waals surface area contributed by atoms with Crippen molar-refractivity contribution in [2.24, 2.45) is 4.99 Å². The van der Waals surface area contributed by atoms with Crippen molar-refractivity contribution >= 4 is 57.8 Å². The first-order valence-corrected chi connectivity index (χ1v) is 10.4. The van der Waals surface area contributed by atoms with Crippen LogP contribution in [0.2, 0.25) is 10.0 Å². The van der Waals surface area contributed by atoms with E-state index in [1.807, 2.05) is 53.9 Å². The zero-order chi connectivity index (χ0) is 18.8. The van der Waals surface area contributed by atoms with Gasteiger partial charge in [-0.3, -0.25) is 10.3 Å². The van der Waals surface area contributed by atoms with E-state index in [0.717, 1.165) is 34.3 Å². The first-order valence-electron chi connectivity index (χ1n) is 8.81. The highest BCUT2D eigenvalue weighted by atomic mass is 35.5. The molecule has 2 aromatic carbocycles. The van der Waals surface area contributed by atoms with Gasteiger partial charge in [0.05, 0.1) is 11.3 Å². The van der Waals surface area contributed by atoms with Crippen LogP contribution < -0.4 is 5.32 Å². The van der Waals surface area contributed by atoms with Gasteiger partial charge in [-0.1, -0.05) is 23.2 Å². The summed E-state index contributed by atoms with van der Waals surface area (Å²) in [5, 5.41) is 3.71. The second-order valence-corrected chi connectivity index (χ2v) is 8.78. The van der Waals surface area contributed by atoms with Crippen molar-refractivity contribution in [3.05, 3.63) is 85.5 Å². The van der Waals surface area contributed by atoms with E-state index in [0.29, 0.717) is 0 Å². The predicted molar refractivity (Wildman–Crippen MR) is 117 cm³/mol. The second-order valence-electron chi connectivity index (χ2n) is 6.56. The fourth-order valence-electron chi connectivity index (χ4n) is 3.24. The van der Waals surface area contributed by atoms with E-state index in [1.165, 1.54) is 26.6 Å². The summed E-state index contributed by atoms with van der Waals surface area (Å²) in [5.74, 6) is 0. The van der Waals surface area contributed by atoms with E-state index >= 15 is 0 Å². The molecule has 5 heteroatoms. The molecule has 0 atom stereocenters. The normalized spacial score (nSPS) is 14.0. The summed E-state index contributed by atoms with van der Waals surface area (Å²) in [6.45, 7) is 2.17. The number of thiophene rings is 1. The third kappa shape index (κ3) is 4.33. The minimum atomic E-state index is 0.723. The number of halogens is 2. The number of hydrogen-bond donors (Lipinski definition) is 1. The fraction of sp³-hybridized carbons (Fsp3) is 0.136. The largest absolute Gasteiger partial charge is 0.281 e. The minimum absolute atomic E-state index is 0.723. The molecule has 1 aromatic heterocycles. The number of hydrogen-bond acceptors (Lipinski definition) is 2. The van der Waals surface area contributed by atoms with Gasteiger partial charge in [0.2, 0.25) is 0 Å². The van der Waals surface area contributed by atoms with Crippen LogP contribution in [0.1, 0.15) is 21.7 Å². The number of nitrogens with zero attached hydrogens (tertiary/aromatic N) is 1. The van der Waals surface area contributed by atoms with Crippen LogP contribution in [0.15, 0.2) is 65.2 Å². The zero-order valence-electron chi connectivity index (χ0n) is 14.9. The molecule has 0 amide bonds. The number of fused-ring (bicyclic) bond motifs is 1. The van der Waals surface area contributed by atoms with Gasteiger partial charge in [-0.25, -0.2) is 0 Å². The number of quaternary nitrogens is 1. The van der Waals surface area contributed by atoms with E-state index < -0.39 is 0 Å². The molecule has 2 N–H and O–H groups in total. The van der Waals surface area contributed by atoms with Crippen LogP contribution >= 0.6 is 34.5 Å². The Morgan fingerprint density at radius 1 is 0.963 bits per heavy atom. The molecule has 0 radical (unpaired) electrons. The molecule has 0 spiro atoms. The lowest BCUT2D eigenvalue weighted by Gasteiger charge is -2.16. The number of aliphatic imine (C=N–C) groups is 1. The van der Waals surface area contributed by atoms with Gasteiger partial charge in [0.1, 0.15) is 11.4 Å². The van der Waals surface area contributed by atoms with E-state index in [9.17, 15) is 0 Å². The Kier molecular flexibility index (Phi) is 5.46. The maximum absolute atomic E-state index is 6.04. The molecule has 0 bridgehead atoms. The number of benzene rings is 2. The van der Waals surface area contributed by atoms with Crippen LogP contribution in [0, 0.1) is 6.92 Å². The van der Waals surface area contributed by atoms with E-state index in [-0.39, 0.29) is 0 Å². The van der Waals surface area contributed by atoms with Gasteiger partial charge in [0.25, 0.3) is 0 Å². The molecular formula is C22H19Cl2N2S+. The topological polar surface area (TPSA) is 29.0 Å². The van der Waals surface area contributed by atoms with Gasteiger partial charge in [-0.2, -0.15) is 0 Å². The number of allylic oxidation sites excluding steroid dienone is 1. The lowest BCUT2D eigenvalue weighted by Crippen LogP contribution is -2.75. The molecule has 0 fully saturated rings. The molecule has 0 saturated carbocycles. The molecule has 27 heavy (non-hydrogen) atoms. The van der Waals surface area contributed by atoms with Gasteiger partial charge >= 0.3 is 0 Å². The monoisotopic (exact) mass is 413 g/mol. The van der Waals surface area contributed by atoms with Gasteiger partial charge in [0, 0.05) is 43.7 Å². The van der Waals surface area contributed by atoms with Gasteiger partial charge < -0.3 is 0 Å². The zero-order valence-corrected chi connectivity index (χ0v) is 17.2. The van der Waals surface area contributed by atoms with Crippen molar-refractivity contribution in [1.82, 2.24) is 0 Å². The maximum atomic E-state index is 6.04. The summed E-state index contributed by atoms with van der Waals surface area (Å²) >= 11 is 13.9. The Balaban J connectivity index is 1.72. The molecule has 0 unspecified atom stereocenters. The molecule has 4 rings (SSSR count). The maximum Gasteiger partial charge on any atom is 0.147 e. The Hall–Kier alpha value is -1.91. The predicted octanol–water partition coefficient (Wildman–Crippen LogP) is 6.32. The molecular weight excluding hydrogens is 395 g/mol. The van der Waals surface area contributed by atoms with E-state index in [4.69, 9.17) is 23.2 Å². The van der Waals surface area contributed by atoms with Crippen LogP contribution in [0.3, 0.4) is 0 Å². The number of nitrogens with two attached hydrogens (primary N) is 1. The average Bonchev–Trinajstić information content (AvgIpc) is 3.05. The molecule has 1 heterocycles. The third-order valence-corrected chi connectivity index (χ3v) is 6.18. The Morgan fingerprint density at radius 2 is 1.63 bits per heavy atom. The van der Waals surface area contributed by atoms with Gasteiger partial charge in [-0.05, 0) is 62.2 Å². The third-order valence-electron chi connectivity index (χ3n) is 4.57. The lowest BCUT2D eigenvalue weighted by molar-refractivity contribution is -0.470. The van der Waals surface area contributed by atoms with Crippen molar-refractivity contribution in [3.8, 4) is 0 Å². The lowest BCUT2D eigenvalue weighted by atomic mass is 9.95. The van der Waals surface area contributed by atoms with Crippen LogP contribution in [-0.4, -0.2) is 6.21 Å². The van der Waals surface area contributed by atoms with Crippen LogP contribution in [0.4, 0.5) is 11.4 Å². The number of aryl methyl sites for hydroxylation is 2. The van der Waals surface area contributed by atoms with Crippen molar-refractivity contribution in [2.75, 3.05) is 0 Å². The molecule has 1 aliphatic carbocycles. The van der Waals surface area contributed by atoms with Crippen LogP contribution in [0.5, 0.6) is 0 Å². The van der Waals surface area contributed by atoms with Crippen molar-refractivity contribution in [2.45, 2.75) is 19.8 Å². The SMILES string of the molecule is Cc1cc2c(s1)CCC(C=Nc1ccc(Cl)cc1)=C2[NH2+]c1ccc(Cl)cc1. The van der Waals surface area contributed by atoms with E-state index in [1.54, 1.807) is 0 Å². The van der Waals surface area contributed by atoms with Crippen molar-refractivity contribution < 1.29 is 5.32 Å². The second kappa shape index (κ2) is 7.99. The summed E-state index contributed by atoms with van der Waals surface area (Å²) < 4.78 is 0. The van der Waals surface area contributed by atoms with Crippen molar-refractivity contribution in [3.63, 3.8) is 0 Å². The van der Waals surface area contributed by atoms with E-state index in [2.05, 4.69) is 35.4 Å². The first-order chi connectivity index (χ1) is 13.1. The quantitative estimate of drug-likeness (QED) is 0.383. The van der Waals surface area contributed by atoms with Gasteiger partial charge in [0.15, 0.2) is 0 Å². The van der Waals surface area contributed by atoms with Gasteiger partial charge in [-0.15, -0.1) is 11.3 Å². The minimum Gasteiger partial charge on any atom is -0.281 e. The summed E-state index contributed by atoms with van der Waals surface area (Å²) in [4.78, 5) is 7.48. The fourth-order valence-corrected chi connectivity index (χ4v) is 4.54. The first kappa shape index (κ1) is 18.5. The Labute approximate surface area is 173 Å². The highest BCUT2D eigenvalue weighted by Crippen LogP contribution is 2.34. The Bertz CT molecular complexity index is 1020. The molecule has 0 saturated heterocycles. The summed E-state index contributed by atoms with van der Waals surface area (Å²) in [6.07, 6.45) is 4.05.